The number of hydrogen-bond donors (Lipinski definition) is 1. The molecule has 0 saturated carbocycles. The lowest BCUT2D eigenvalue weighted by molar-refractivity contribution is -0.111. The number of benzene rings is 1. The number of anilines is 1. The van der Waals surface area contributed by atoms with E-state index in [9.17, 15) is 9.18 Å². The highest BCUT2D eigenvalue weighted by atomic mass is 35.5. The number of nitrogens with one attached hydrogen (secondary N) is 1. The first-order valence-corrected chi connectivity index (χ1v) is 11.2. The van der Waals surface area contributed by atoms with Crippen molar-refractivity contribution >= 4 is 45.6 Å². The van der Waals surface area contributed by atoms with Gasteiger partial charge in [-0.2, -0.15) is 0 Å². The number of hydrogen-bond acceptors (Lipinski definition) is 5. The number of nitrogens with zero attached hydrogens (tertiary/aromatic N) is 5. The average molecular weight is 457 g/mol. The number of thiazole rings is 1. The van der Waals surface area contributed by atoms with E-state index < -0.39 is 11.7 Å². The van der Waals surface area contributed by atoms with Crippen LogP contribution in [0.25, 0.3) is 22.4 Å². The first-order chi connectivity index (χ1) is 15.1. The first-order valence-electron chi connectivity index (χ1n) is 9.92. The van der Waals surface area contributed by atoms with Gasteiger partial charge in [0, 0.05) is 36.2 Å². The maximum Gasteiger partial charge on any atom is 0.248 e. The van der Waals surface area contributed by atoms with Gasteiger partial charge < -0.3 is 9.88 Å². The summed E-state index contributed by atoms with van der Waals surface area (Å²) >= 11 is 7.58. The van der Waals surface area contributed by atoms with Crippen LogP contribution in [0.2, 0.25) is 5.15 Å². The second-order valence-electron chi connectivity index (χ2n) is 7.26. The van der Waals surface area contributed by atoms with Crippen molar-refractivity contribution in [2.75, 3.05) is 5.32 Å². The maximum absolute atomic E-state index is 14.4. The monoisotopic (exact) mass is 456 g/mol. The van der Waals surface area contributed by atoms with Crippen LogP contribution in [0.4, 0.5) is 10.1 Å². The van der Waals surface area contributed by atoms with Gasteiger partial charge in [-0.1, -0.05) is 18.0 Å². The molecule has 3 aromatic heterocycles. The van der Waals surface area contributed by atoms with Crippen LogP contribution in [0.5, 0.6) is 0 Å². The molecule has 1 aliphatic rings. The predicted molar refractivity (Wildman–Crippen MR) is 119 cm³/mol. The Kier molecular flexibility index (Phi) is 5.29. The number of carbonyl (C=O) groups is 1. The Morgan fingerprint density at radius 1 is 1.26 bits per heavy atom. The molecule has 0 saturated heterocycles. The number of halogens is 2. The zero-order chi connectivity index (χ0) is 21.4. The van der Waals surface area contributed by atoms with Gasteiger partial charge in [-0.3, -0.25) is 9.20 Å². The van der Waals surface area contributed by atoms with E-state index in [1.54, 1.807) is 22.6 Å². The smallest absolute Gasteiger partial charge is 0.248 e. The van der Waals surface area contributed by atoms with E-state index in [1.165, 1.54) is 23.5 Å². The van der Waals surface area contributed by atoms with Gasteiger partial charge in [0.05, 0.1) is 11.4 Å². The minimum Gasteiger partial charge on any atom is -0.320 e. The third-order valence-corrected chi connectivity index (χ3v) is 6.27. The van der Waals surface area contributed by atoms with Crippen LogP contribution in [0, 0.1) is 5.82 Å². The minimum atomic E-state index is -0.524. The quantitative estimate of drug-likeness (QED) is 0.446. The Hall–Kier alpha value is -3.04. The SMILES string of the molecule is O=C(/C=C/c1c(Cl)nc2sccn12)Nc1cc(-c2nnc3n2CCCCC3)ccc1F. The van der Waals surface area contributed by atoms with E-state index in [0.29, 0.717) is 22.2 Å². The molecule has 1 aliphatic heterocycles. The van der Waals surface area contributed by atoms with E-state index >= 15 is 0 Å². The van der Waals surface area contributed by atoms with Gasteiger partial charge >= 0.3 is 0 Å². The summed E-state index contributed by atoms with van der Waals surface area (Å²) in [5.74, 6) is 0.637. The molecule has 10 heteroatoms. The molecular formula is C21H18ClFN6OS. The van der Waals surface area contributed by atoms with Crippen molar-refractivity contribution in [3.63, 3.8) is 0 Å². The van der Waals surface area contributed by atoms with Crippen LogP contribution in [0.3, 0.4) is 0 Å². The Morgan fingerprint density at radius 2 is 2.16 bits per heavy atom. The summed E-state index contributed by atoms with van der Waals surface area (Å²) in [5.41, 5.74) is 1.38. The highest BCUT2D eigenvalue weighted by molar-refractivity contribution is 7.15. The molecule has 0 bridgehead atoms. The van der Waals surface area contributed by atoms with Crippen LogP contribution in [-0.4, -0.2) is 30.1 Å². The lowest BCUT2D eigenvalue weighted by Gasteiger charge is -2.09. The van der Waals surface area contributed by atoms with Crippen molar-refractivity contribution in [1.29, 1.82) is 0 Å². The van der Waals surface area contributed by atoms with Crippen molar-refractivity contribution in [3.05, 3.63) is 58.3 Å². The van der Waals surface area contributed by atoms with Crippen LogP contribution in [0.1, 0.15) is 30.8 Å². The lowest BCUT2D eigenvalue weighted by Crippen LogP contribution is -2.10. The lowest BCUT2D eigenvalue weighted by atomic mass is 10.1. The molecule has 1 N–H and O–H groups in total. The molecule has 0 radical (unpaired) electrons. The normalized spacial score (nSPS) is 14.1. The van der Waals surface area contributed by atoms with Crippen molar-refractivity contribution in [2.24, 2.45) is 0 Å². The zero-order valence-electron chi connectivity index (χ0n) is 16.4. The summed E-state index contributed by atoms with van der Waals surface area (Å²) in [5, 5.41) is 13.4. The third-order valence-electron chi connectivity index (χ3n) is 5.24. The standard InChI is InChI=1S/C21H18ClFN6OS/c22-19-16(28-10-11-31-21(28)25-19)7-8-18(30)24-15-12-13(5-6-14(15)23)20-27-26-17-4-2-1-3-9-29(17)20/h5-8,10-12H,1-4,9H2,(H,24,30)/b8-7+. The highest BCUT2D eigenvalue weighted by Crippen LogP contribution is 2.27. The highest BCUT2D eigenvalue weighted by Gasteiger charge is 2.17. The number of rotatable bonds is 4. The first kappa shape index (κ1) is 19.9. The number of carbonyl (C=O) groups excluding carboxylic acids is 1. The molecule has 4 aromatic rings. The van der Waals surface area contributed by atoms with E-state index in [1.807, 2.05) is 11.6 Å². The van der Waals surface area contributed by atoms with Crippen LogP contribution in [0.15, 0.2) is 35.9 Å². The van der Waals surface area contributed by atoms with Gasteiger partial charge in [-0.05, 0) is 37.1 Å². The molecule has 5 rings (SSSR count). The third kappa shape index (κ3) is 3.86. The van der Waals surface area contributed by atoms with Crippen molar-refractivity contribution in [3.8, 4) is 11.4 Å². The Balaban J connectivity index is 1.39. The molecule has 1 amide bonds. The van der Waals surface area contributed by atoms with Crippen molar-refractivity contribution in [2.45, 2.75) is 32.2 Å². The van der Waals surface area contributed by atoms with Gasteiger partial charge in [0.2, 0.25) is 5.91 Å². The molecule has 7 nitrogen and oxygen atoms in total. The average Bonchev–Trinajstić information content (AvgIpc) is 3.39. The van der Waals surface area contributed by atoms with Gasteiger partial charge in [0.15, 0.2) is 15.9 Å². The number of aryl methyl sites for hydroxylation is 1. The number of aromatic nitrogens is 5. The molecule has 1 aromatic carbocycles. The Labute approximate surface area is 186 Å². The predicted octanol–water partition coefficient (Wildman–Crippen LogP) is 4.83. The molecule has 31 heavy (non-hydrogen) atoms. The van der Waals surface area contributed by atoms with Gasteiger partial charge in [-0.25, -0.2) is 9.37 Å². The fourth-order valence-electron chi connectivity index (χ4n) is 3.71. The van der Waals surface area contributed by atoms with Crippen molar-refractivity contribution < 1.29 is 9.18 Å². The summed E-state index contributed by atoms with van der Waals surface area (Å²) in [6, 6.07) is 4.57. The second kappa shape index (κ2) is 8.24. The molecule has 0 spiro atoms. The summed E-state index contributed by atoms with van der Waals surface area (Å²) in [6.45, 7) is 0.836. The topological polar surface area (TPSA) is 77.1 Å². The molecule has 158 valence electrons. The molecule has 0 fully saturated rings. The van der Waals surface area contributed by atoms with E-state index in [0.717, 1.165) is 43.0 Å². The summed E-state index contributed by atoms with van der Waals surface area (Å²) in [6.07, 6.45) is 8.87. The number of fused-ring (bicyclic) bond motifs is 2. The second-order valence-corrected chi connectivity index (χ2v) is 8.49. The number of amides is 1. The van der Waals surface area contributed by atoms with E-state index in [-0.39, 0.29) is 5.69 Å². The van der Waals surface area contributed by atoms with Gasteiger partial charge in [0.25, 0.3) is 0 Å². The number of imidazole rings is 1. The fourth-order valence-corrected chi connectivity index (χ4v) is 4.72. The van der Waals surface area contributed by atoms with E-state index in [2.05, 4.69) is 25.1 Å². The Bertz CT molecular complexity index is 1310. The van der Waals surface area contributed by atoms with Crippen LogP contribution in [-0.2, 0) is 17.8 Å². The van der Waals surface area contributed by atoms with Crippen LogP contribution >= 0.6 is 22.9 Å². The maximum atomic E-state index is 14.4. The zero-order valence-corrected chi connectivity index (χ0v) is 18.0. The summed E-state index contributed by atoms with van der Waals surface area (Å²) < 4.78 is 18.3. The van der Waals surface area contributed by atoms with E-state index in [4.69, 9.17) is 11.6 Å². The molecule has 4 heterocycles. The fraction of sp³-hybridized carbons (Fsp3) is 0.238. The molecule has 0 atom stereocenters. The van der Waals surface area contributed by atoms with Gasteiger partial charge in [0.1, 0.15) is 11.6 Å². The molecule has 0 unspecified atom stereocenters. The molecular weight excluding hydrogens is 439 g/mol. The molecule has 0 aliphatic carbocycles. The summed E-state index contributed by atoms with van der Waals surface area (Å²) in [4.78, 5) is 17.4. The van der Waals surface area contributed by atoms with Crippen LogP contribution < -0.4 is 5.32 Å². The summed E-state index contributed by atoms with van der Waals surface area (Å²) in [7, 11) is 0. The Morgan fingerprint density at radius 3 is 3.06 bits per heavy atom. The van der Waals surface area contributed by atoms with Gasteiger partial charge in [-0.15, -0.1) is 21.5 Å². The van der Waals surface area contributed by atoms with Crippen molar-refractivity contribution in [1.82, 2.24) is 24.1 Å². The minimum absolute atomic E-state index is 0.0817. The largest absolute Gasteiger partial charge is 0.320 e.